The van der Waals surface area contributed by atoms with Crippen molar-refractivity contribution in [2.45, 2.75) is 58.2 Å². The minimum absolute atomic E-state index is 0.0420. The van der Waals surface area contributed by atoms with Gasteiger partial charge in [-0.15, -0.1) is 0 Å². The summed E-state index contributed by atoms with van der Waals surface area (Å²) in [5.74, 6) is 0.219. The fraction of sp³-hybridized carbons (Fsp3) is 0.303. The lowest BCUT2D eigenvalue weighted by atomic mass is 9.94. The average Bonchev–Trinajstić information content (AvgIpc) is 2.95. The molecule has 6 N–H and O–H groups in total. The van der Waals surface area contributed by atoms with Crippen LogP contribution in [0.15, 0.2) is 79.0 Å². The first kappa shape index (κ1) is 30.3. The van der Waals surface area contributed by atoms with Crippen LogP contribution in [0.1, 0.15) is 62.8 Å². The van der Waals surface area contributed by atoms with E-state index in [0.29, 0.717) is 23.7 Å². The summed E-state index contributed by atoms with van der Waals surface area (Å²) in [5, 5.41) is 20.4. The van der Waals surface area contributed by atoms with E-state index in [1.54, 1.807) is 33.0 Å². The SMILES string of the molecule is CCC(CO)c1ccc(C(Nc2ccc3c(NC(=O)OC(C)(C)C)nccc3c2)C(=O)NCc2cccc(N)c2)cc1. The minimum Gasteiger partial charge on any atom is -0.444 e. The molecule has 4 rings (SSSR count). The summed E-state index contributed by atoms with van der Waals surface area (Å²) in [4.78, 5) is 30.2. The van der Waals surface area contributed by atoms with Crippen LogP contribution in [-0.2, 0) is 16.1 Å². The molecule has 0 aliphatic carbocycles. The third kappa shape index (κ3) is 7.98. The van der Waals surface area contributed by atoms with Gasteiger partial charge in [-0.25, -0.2) is 9.78 Å². The van der Waals surface area contributed by atoms with E-state index in [4.69, 9.17) is 10.5 Å². The van der Waals surface area contributed by atoms with E-state index in [-0.39, 0.29) is 18.4 Å². The average molecular weight is 570 g/mol. The topological polar surface area (TPSA) is 139 Å². The van der Waals surface area contributed by atoms with E-state index < -0.39 is 17.7 Å². The van der Waals surface area contributed by atoms with Crippen LogP contribution in [0.4, 0.5) is 22.0 Å². The number of pyridine rings is 1. The van der Waals surface area contributed by atoms with Crippen molar-refractivity contribution in [1.82, 2.24) is 10.3 Å². The Morgan fingerprint density at radius 2 is 1.74 bits per heavy atom. The second-order valence-electron chi connectivity index (χ2n) is 11.2. The number of benzene rings is 3. The van der Waals surface area contributed by atoms with Crippen LogP contribution in [0.25, 0.3) is 10.8 Å². The molecule has 0 fully saturated rings. The number of anilines is 3. The first-order chi connectivity index (χ1) is 20.1. The predicted molar refractivity (Wildman–Crippen MR) is 167 cm³/mol. The maximum Gasteiger partial charge on any atom is 0.413 e. The van der Waals surface area contributed by atoms with E-state index in [0.717, 1.165) is 33.9 Å². The molecule has 9 nitrogen and oxygen atoms in total. The lowest BCUT2D eigenvalue weighted by molar-refractivity contribution is -0.122. The number of nitrogen functional groups attached to an aromatic ring is 1. The smallest absolute Gasteiger partial charge is 0.413 e. The summed E-state index contributed by atoms with van der Waals surface area (Å²) in [7, 11) is 0. The van der Waals surface area contributed by atoms with Crippen molar-refractivity contribution in [2.24, 2.45) is 0 Å². The number of aliphatic hydroxyl groups is 1. The van der Waals surface area contributed by atoms with E-state index in [2.05, 4.69) is 20.9 Å². The Hall–Kier alpha value is -4.63. The summed E-state index contributed by atoms with van der Waals surface area (Å²) < 4.78 is 5.37. The molecule has 0 saturated heterocycles. The Kier molecular flexibility index (Phi) is 9.64. The minimum atomic E-state index is -0.701. The van der Waals surface area contributed by atoms with Crippen molar-refractivity contribution < 1.29 is 19.4 Å². The zero-order valence-electron chi connectivity index (χ0n) is 24.5. The van der Waals surface area contributed by atoms with E-state index in [1.807, 2.05) is 73.7 Å². The highest BCUT2D eigenvalue weighted by Crippen LogP contribution is 2.29. The third-order valence-corrected chi connectivity index (χ3v) is 6.83. The molecule has 1 aromatic heterocycles. The molecule has 0 saturated carbocycles. The number of hydrogen-bond acceptors (Lipinski definition) is 7. The Labute approximate surface area is 246 Å². The molecule has 9 heteroatoms. The maximum atomic E-state index is 13.6. The second kappa shape index (κ2) is 13.4. The Bertz CT molecular complexity index is 1530. The zero-order chi connectivity index (χ0) is 30.3. The second-order valence-corrected chi connectivity index (χ2v) is 11.2. The van der Waals surface area contributed by atoms with Crippen LogP contribution in [0.2, 0.25) is 0 Å². The molecule has 1 heterocycles. The van der Waals surface area contributed by atoms with Crippen molar-refractivity contribution in [1.29, 1.82) is 0 Å². The molecule has 0 spiro atoms. The molecular formula is C33H39N5O4. The zero-order valence-corrected chi connectivity index (χ0v) is 24.5. The van der Waals surface area contributed by atoms with Gasteiger partial charge in [0.05, 0.1) is 0 Å². The van der Waals surface area contributed by atoms with Gasteiger partial charge in [0, 0.05) is 42.0 Å². The number of nitrogens with one attached hydrogen (secondary N) is 3. The molecule has 0 bridgehead atoms. The van der Waals surface area contributed by atoms with Crippen molar-refractivity contribution in [3.63, 3.8) is 0 Å². The number of ether oxygens (including phenoxy) is 1. The van der Waals surface area contributed by atoms with Gasteiger partial charge in [0.25, 0.3) is 0 Å². The predicted octanol–water partition coefficient (Wildman–Crippen LogP) is 6.12. The molecule has 42 heavy (non-hydrogen) atoms. The van der Waals surface area contributed by atoms with Crippen molar-refractivity contribution in [3.8, 4) is 0 Å². The number of fused-ring (bicyclic) bond motifs is 1. The maximum absolute atomic E-state index is 13.6. The molecule has 220 valence electrons. The van der Waals surface area contributed by atoms with Crippen LogP contribution in [0.3, 0.4) is 0 Å². The molecule has 0 aliphatic heterocycles. The third-order valence-electron chi connectivity index (χ3n) is 6.83. The number of nitrogens with zero attached hydrogens (tertiary/aromatic N) is 1. The van der Waals surface area contributed by atoms with E-state index in [1.165, 1.54) is 0 Å². The molecular weight excluding hydrogens is 530 g/mol. The van der Waals surface area contributed by atoms with E-state index >= 15 is 0 Å². The Morgan fingerprint density at radius 1 is 1.00 bits per heavy atom. The molecule has 2 unspecified atom stereocenters. The fourth-order valence-corrected chi connectivity index (χ4v) is 4.66. The van der Waals surface area contributed by atoms with Gasteiger partial charge in [0.1, 0.15) is 17.5 Å². The number of amides is 2. The molecule has 3 aromatic carbocycles. The number of carbonyl (C=O) groups is 2. The lowest BCUT2D eigenvalue weighted by Crippen LogP contribution is -2.33. The van der Waals surface area contributed by atoms with Gasteiger partial charge in [-0.2, -0.15) is 0 Å². The molecule has 0 aliphatic rings. The number of aromatic nitrogens is 1. The van der Waals surface area contributed by atoms with Crippen molar-refractivity contribution in [3.05, 3.63) is 95.7 Å². The van der Waals surface area contributed by atoms with Gasteiger partial charge in [0.15, 0.2) is 0 Å². The molecule has 4 aromatic rings. The summed E-state index contributed by atoms with van der Waals surface area (Å²) in [5.41, 5.74) is 9.32. The van der Waals surface area contributed by atoms with Gasteiger partial charge in [-0.1, -0.05) is 43.3 Å². The quantitative estimate of drug-likeness (QED) is 0.145. The summed E-state index contributed by atoms with van der Waals surface area (Å²) >= 11 is 0. The normalized spacial score (nSPS) is 12.8. The highest BCUT2D eigenvalue weighted by molar-refractivity contribution is 5.99. The number of hydrogen-bond donors (Lipinski definition) is 5. The molecule has 2 atom stereocenters. The Balaban J connectivity index is 1.60. The van der Waals surface area contributed by atoms with Crippen LogP contribution >= 0.6 is 0 Å². The Morgan fingerprint density at radius 3 is 2.40 bits per heavy atom. The van der Waals surface area contributed by atoms with Crippen LogP contribution < -0.4 is 21.7 Å². The van der Waals surface area contributed by atoms with Gasteiger partial charge in [-0.3, -0.25) is 10.1 Å². The standard InChI is InChI=1S/C33H39N5O4/c1-5-22(20-39)23-9-11-24(12-10-23)29(31(40)36-19-21-7-6-8-26(34)17-21)37-27-13-14-28-25(18-27)15-16-35-30(28)38-32(41)42-33(2,3)4/h6-18,22,29,37,39H,5,19-20,34H2,1-4H3,(H,36,40)(H,35,38,41). The number of rotatable bonds is 10. The number of aliphatic hydroxyl groups excluding tert-OH is 1. The number of nitrogens with two attached hydrogens (primary N) is 1. The number of carbonyl (C=O) groups excluding carboxylic acids is 2. The van der Waals surface area contributed by atoms with Gasteiger partial charge < -0.3 is 26.2 Å². The van der Waals surface area contributed by atoms with Crippen molar-refractivity contribution >= 4 is 40.0 Å². The summed E-state index contributed by atoms with van der Waals surface area (Å²) in [6.07, 6.45) is 1.84. The lowest BCUT2D eigenvalue weighted by Gasteiger charge is -2.22. The highest BCUT2D eigenvalue weighted by atomic mass is 16.6. The van der Waals surface area contributed by atoms with Crippen molar-refractivity contribution in [2.75, 3.05) is 23.0 Å². The first-order valence-electron chi connectivity index (χ1n) is 14.0. The molecule has 2 amide bonds. The highest BCUT2D eigenvalue weighted by Gasteiger charge is 2.22. The van der Waals surface area contributed by atoms with Crippen LogP contribution in [-0.4, -0.2) is 34.3 Å². The van der Waals surface area contributed by atoms with Gasteiger partial charge >= 0.3 is 6.09 Å². The van der Waals surface area contributed by atoms with Gasteiger partial charge in [0.2, 0.25) is 5.91 Å². The fourth-order valence-electron chi connectivity index (χ4n) is 4.66. The first-order valence-corrected chi connectivity index (χ1v) is 14.0. The monoisotopic (exact) mass is 569 g/mol. The molecule has 0 radical (unpaired) electrons. The van der Waals surface area contributed by atoms with Crippen LogP contribution in [0, 0.1) is 0 Å². The van der Waals surface area contributed by atoms with Gasteiger partial charge in [-0.05, 0) is 85.7 Å². The largest absolute Gasteiger partial charge is 0.444 e. The summed E-state index contributed by atoms with van der Waals surface area (Å²) in [6, 6.07) is 21.9. The summed E-state index contributed by atoms with van der Waals surface area (Å²) in [6.45, 7) is 7.81. The van der Waals surface area contributed by atoms with Crippen LogP contribution in [0.5, 0.6) is 0 Å². The van der Waals surface area contributed by atoms with E-state index in [9.17, 15) is 14.7 Å².